The first-order valence-electron chi connectivity index (χ1n) is 10.2. The molecule has 0 aromatic rings. The van der Waals surface area contributed by atoms with Crippen molar-refractivity contribution in [3.8, 4) is 0 Å². The molecule has 25 heavy (non-hydrogen) atoms. The lowest BCUT2D eigenvalue weighted by atomic mass is 10.0. The number of rotatable bonds is 13. The second-order valence-electron chi connectivity index (χ2n) is 8.47. The quantitative estimate of drug-likeness (QED) is 0.406. The number of aliphatic hydroxyl groups is 1. The molecule has 1 saturated heterocycles. The lowest BCUT2D eigenvalue weighted by Crippen LogP contribution is -2.63. The second-order valence-corrected chi connectivity index (χ2v) is 8.47. The Balaban J connectivity index is 2.20. The third-order valence-corrected chi connectivity index (χ3v) is 5.07. The largest absolute Gasteiger partial charge is 0.550 e. The van der Waals surface area contributed by atoms with E-state index in [0.717, 1.165) is 12.8 Å². The van der Waals surface area contributed by atoms with Crippen molar-refractivity contribution in [3.05, 3.63) is 0 Å². The third-order valence-electron chi connectivity index (χ3n) is 5.07. The minimum Gasteiger partial charge on any atom is -0.550 e. The van der Waals surface area contributed by atoms with Gasteiger partial charge in [-0.05, 0) is 6.42 Å². The molecule has 0 spiro atoms. The van der Waals surface area contributed by atoms with Gasteiger partial charge >= 0.3 is 0 Å². The Morgan fingerprint density at radius 1 is 1.08 bits per heavy atom. The molecule has 1 fully saturated rings. The molecule has 2 atom stereocenters. The van der Waals surface area contributed by atoms with Crippen molar-refractivity contribution in [1.82, 2.24) is 0 Å². The van der Waals surface area contributed by atoms with Crippen molar-refractivity contribution in [3.63, 3.8) is 0 Å². The number of morpholine rings is 1. The first-order valence-corrected chi connectivity index (χ1v) is 10.2. The number of ether oxygens (including phenoxy) is 1. The molecule has 0 saturated carbocycles. The zero-order valence-electron chi connectivity index (χ0n) is 16.6. The monoisotopic (exact) mass is 357 g/mol. The molecule has 5 heteroatoms. The highest BCUT2D eigenvalue weighted by molar-refractivity contribution is 5.64. The van der Waals surface area contributed by atoms with Crippen molar-refractivity contribution >= 4 is 5.97 Å². The maximum atomic E-state index is 10.9. The number of hydrogen-bond acceptors (Lipinski definition) is 4. The molecular weight excluding hydrogens is 318 g/mol. The molecule has 0 aliphatic carbocycles. The van der Waals surface area contributed by atoms with E-state index in [1.54, 1.807) is 0 Å². The zero-order chi connectivity index (χ0) is 18.8. The van der Waals surface area contributed by atoms with Gasteiger partial charge in [0.05, 0.1) is 14.1 Å². The van der Waals surface area contributed by atoms with Gasteiger partial charge in [-0.25, -0.2) is 0 Å². The van der Waals surface area contributed by atoms with E-state index in [1.165, 1.54) is 51.4 Å². The van der Waals surface area contributed by atoms with Gasteiger partial charge in [-0.1, -0.05) is 64.7 Å². The van der Waals surface area contributed by atoms with Gasteiger partial charge in [0.15, 0.2) is 0 Å². The van der Waals surface area contributed by atoms with Crippen LogP contribution in [0.4, 0.5) is 0 Å². The number of carbonyl (C=O) groups is 1. The molecule has 1 aliphatic rings. The minimum atomic E-state index is -1.21. The smallest absolute Gasteiger partial charge is 0.216 e. The average Bonchev–Trinajstić information content (AvgIpc) is 2.46. The van der Waals surface area contributed by atoms with Crippen LogP contribution in [-0.2, 0) is 9.53 Å². The van der Waals surface area contributed by atoms with Crippen molar-refractivity contribution < 1.29 is 24.2 Å². The Labute approximate surface area is 154 Å². The summed E-state index contributed by atoms with van der Waals surface area (Å²) in [6, 6.07) is 0. The normalized spacial score (nSPS) is 25.8. The van der Waals surface area contributed by atoms with Gasteiger partial charge in [-0.2, -0.15) is 0 Å². The standard InChI is InChI=1S/C20H39NO4/c1-4-5-6-7-8-9-10-11-12-13-14-20(24)17-21(2,3)16-18(25-20)15-19(22)23/h18,24H,4-17H2,1-3H3/t18-,20+/m1/s1. The van der Waals surface area contributed by atoms with E-state index >= 15 is 0 Å². The molecular formula is C20H39NO4. The van der Waals surface area contributed by atoms with Gasteiger partial charge < -0.3 is 24.2 Å². The molecule has 1 heterocycles. The number of nitrogens with zero attached hydrogens (tertiary/aromatic N) is 1. The van der Waals surface area contributed by atoms with Crippen LogP contribution in [0.25, 0.3) is 0 Å². The highest BCUT2D eigenvalue weighted by Crippen LogP contribution is 2.29. The van der Waals surface area contributed by atoms with Crippen LogP contribution in [0.2, 0.25) is 0 Å². The van der Waals surface area contributed by atoms with Crippen LogP contribution in [0.5, 0.6) is 0 Å². The fraction of sp³-hybridized carbons (Fsp3) is 0.950. The Morgan fingerprint density at radius 2 is 1.60 bits per heavy atom. The number of unbranched alkanes of at least 4 members (excludes halogenated alkanes) is 9. The predicted molar refractivity (Wildman–Crippen MR) is 97.8 cm³/mol. The molecule has 5 nitrogen and oxygen atoms in total. The summed E-state index contributed by atoms with van der Waals surface area (Å²) in [5.74, 6) is -2.32. The summed E-state index contributed by atoms with van der Waals surface area (Å²) in [7, 11) is 4.02. The molecule has 0 aromatic carbocycles. The molecule has 1 N–H and O–H groups in total. The van der Waals surface area contributed by atoms with Crippen molar-refractivity contribution in [2.45, 2.75) is 95.9 Å². The average molecular weight is 358 g/mol. The summed E-state index contributed by atoms with van der Waals surface area (Å²) in [6.07, 6.45) is 12.4. The van der Waals surface area contributed by atoms with E-state index in [-0.39, 0.29) is 6.42 Å². The van der Waals surface area contributed by atoms with E-state index in [9.17, 15) is 15.0 Å². The van der Waals surface area contributed by atoms with Crippen LogP contribution >= 0.6 is 0 Å². The number of quaternary nitrogens is 1. The fourth-order valence-electron chi connectivity index (χ4n) is 3.99. The van der Waals surface area contributed by atoms with Crippen LogP contribution < -0.4 is 5.11 Å². The van der Waals surface area contributed by atoms with Crippen LogP contribution in [-0.4, -0.2) is 54.6 Å². The molecule has 0 bridgehead atoms. The summed E-state index contributed by atoms with van der Waals surface area (Å²) in [5, 5.41) is 21.6. The van der Waals surface area contributed by atoms with E-state index < -0.39 is 17.9 Å². The SMILES string of the molecule is CCCCCCCCCCCC[C@@]1(O)C[N+](C)(C)C[C@@H](CC(=O)[O-])O1. The van der Waals surface area contributed by atoms with Crippen molar-refractivity contribution in [2.24, 2.45) is 0 Å². The molecule has 148 valence electrons. The Hall–Kier alpha value is -0.650. The number of carbonyl (C=O) groups excluding carboxylic acids is 1. The Morgan fingerprint density at radius 3 is 2.12 bits per heavy atom. The van der Waals surface area contributed by atoms with E-state index in [1.807, 2.05) is 14.1 Å². The Bertz CT molecular complexity index is 386. The molecule has 0 amide bonds. The topological polar surface area (TPSA) is 69.6 Å². The van der Waals surface area contributed by atoms with Crippen LogP contribution in [0.15, 0.2) is 0 Å². The number of aliphatic carboxylic acids is 1. The zero-order valence-corrected chi connectivity index (χ0v) is 16.6. The minimum absolute atomic E-state index is 0.151. The first kappa shape index (κ1) is 22.4. The van der Waals surface area contributed by atoms with Crippen molar-refractivity contribution in [1.29, 1.82) is 0 Å². The summed E-state index contributed by atoms with van der Waals surface area (Å²) in [5.41, 5.74) is 0. The van der Waals surface area contributed by atoms with Gasteiger partial charge in [-0.15, -0.1) is 0 Å². The van der Waals surface area contributed by atoms with Gasteiger partial charge in [-0.3, -0.25) is 0 Å². The predicted octanol–water partition coefficient (Wildman–Crippen LogP) is 2.60. The number of carboxylic acid groups (broad SMARTS) is 1. The summed E-state index contributed by atoms with van der Waals surface area (Å²) >= 11 is 0. The van der Waals surface area contributed by atoms with E-state index in [0.29, 0.717) is 24.0 Å². The van der Waals surface area contributed by atoms with E-state index in [2.05, 4.69) is 6.92 Å². The van der Waals surface area contributed by atoms with E-state index in [4.69, 9.17) is 4.74 Å². The fourth-order valence-corrected chi connectivity index (χ4v) is 3.99. The lowest BCUT2D eigenvalue weighted by molar-refractivity contribution is -0.915. The van der Waals surface area contributed by atoms with Gasteiger partial charge in [0.1, 0.15) is 19.2 Å². The molecule has 0 unspecified atom stereocenters. The number of hydrogen-bond donors (Lipinski definition) is 1. The van der Waals surface area contributed by atoms with Crippen LogP contribution in [0.3, 0.4) is 0 Å². The molecule has 0 radical (unpaired) electrons. The number of carboxylic acids is 1. The first-order chi connectivity index (χ1) is 11.8. The maximum absolute atomic E-state index is 10.9. The van der Waals surface area contributed by atoms with Gasteiger partial charge in [0, 0.05) is 18.8 Å². The van der Waals surface area contributed by atoms with Crippen LogP contribution in [0.1, 0.15) is 84.0 Å². The highest BCUT2D eigenvalue weighted by atomic mass is 16.6. The lowest BCUT2D eigenvalue weighted by Gasteiger charge is -2.46. The second kappa shape index (κ2) is 11.1. The summed E-state index contributed by atoms with van der Waals surface area (Å²) in [4.78, 5) is 10.9. The maximum Gasteiger partial charge on any atom is 0.216 e. The van der Waals surface area contributed by atoms with Gasteiger partial charge in [0.25, 0.3) is 0 Å². The van der Waals surface area contributed by atoms with Crippen molar-refractivity contribution in [2.75, 3.05) is 27.2 Å². The molecule has 1 aliphatic heterocycles. The highest BCUT2D eigenvalue weighted by Gasteiger charge is 2.44. The number of likely N-dealkylation sites (N-methyl/N-ethyl adjacent to an activating group) is 1. The third kappa shape index (κ3) is 10.2. The van der Waals surface area contributed by atoms with Gasteiger partial charge in [0.2, 0.25) is 5.79 Å². The molecule has 0 aromatic heterocycles. The summed E-state index contributed by atoms with van der Waals surface area (Å²) in [6.45, 7) is 3.34. The molecule has 1 rings (SSSR count). The summed E-state index contributed by atoms with van der Waals surface area (Å²) < 4.78 is 6.30. The van der Waals surface area contributed by atoms with Crippen LogP contribution in [0, 0.1) is 0 Å². The Kier molecular flexibility index (Phi) is 9.98.